The van der Waals surface area contributed by atoms with Crippen LogP contribution in [-0.4, -0.2) is 17.6 Å². The fourth-order valence-electron chi connectivity index (χ4n) is 1.44. The Morgan fingerprint density at radius 3 is 2.72 bits per heavy atom. The number of halogens is 4. The van der Waals surface area contributed by atoms with Gasteiger partial charge in [-0.05, 0) is 18.6 Å². The zero-order valence-electron chi connectivity index (χ0n) is 9.55. The monoisotopic (exact) mass is 325 g/mol. The van der Waals surface area contributed by atoms with E-state index in [0.29, 0.717) is 0 Å². The highest BCUT2D eigenvalue weighted by Crippen LogP contribution is 2.26. The summed E-state index contributed by atoms with van der Waals surface area (Å²) in [7, 11) is 0. The number of ether oxygens (including phenoxy) is 1. The molecule has 100 valence electrons. The second kappa shape index (κ2) is 6.72. The molecule has 0 saturated carbocycles. The molecule has 0 spiro atoms. The number of carbonyl (C=O) groups is 1. The molecule has 0 radical (unpaired) electrons. The van der Waals surface area contributed by atoms with Crippen molar-refractivity contribution in [3.8, 4) is 0 Å². The summed E-state index contributed by atoms with van der Waals surface area (Å²) in [6, 6.07) is 1.27. The van der Waals surface area contributed by atoms with Crippen LogP contribution in [0.1, 0.15) is 30.2 Å². The number of carbonyl (C=O) groups excluding carboxylic acids is 1. The van der Waals surface area contributed by atoms with Gasteiger partial charge in [-0.3, -0.25) is 4.79 Å². The van der Waals surface area contributed by atoms with Gasteiger partial charge in [0.15, 0.2) is 0 Å². The maximum Gasteiger partial charge on any atom is 0.310 e. The number of esters is 1. The van der Waals surface area contributed by atoms with Gasteiger partial charge in [-0.2, -0.15) is 4.39 Å². The predicted molar refractivity (Wildman–Crippen MR) is 62.1 cm³/mol. The number of aromatic nitrogens is 1. The summed E-state index contributed by atoms with van der Waals surface area (Å²) in [6.07, 6.45) is -3.42. The number of hydrogen-bond acceptors (Lipinski definition) is 3. The second-order valence-corrected chi connectivity index (χ2v) is 3.95. The van der Waals surface area contributed by atoms with Gasteiger partial charge in [-0.15, -0.1) is 0 Å². The first kappa shape index (κ1) is 14.9. The quantitative estimate of drug-likeness (QED) is 0.474. The summed E-state index contributed by atoms with van der Waals surface area (Å²) in [5.74, 6) is -1.92. The third-order valence-corrected chi connectivity index (χ3v) is 2.72. The van der Waals surface area contributed by atoms with Crippen LogP contribution in [0.15, 0.2) is 6.07 Å². The highest BCUT2D eigenvalue weighted by molar-refractivity contribution is 9.08. The average molecular weight is 326 g/mol. The highest BCUT2D eigenvalue weighted by atomic mass is 79.9. The van der Waals surface area contributed by atoms with Crippen LogP contribution < -0.4 is 0 Å². The molecule has 0 aliphatic heterocycles. The van der Waals surface area contributed by atoms with Gasteiger partial charge in [-0.1, -0.05) is 15.9 Å². The first-order valence-corrected chi connectivity index (χ1v) is 6.29. The van der Waals surface area contributed by atoms with Gasteiger partial charge < -0.3 is 4.74 Å². The topological polar surface area (TPSA) is 39.2 Å². The van der Waals surface area contributed by atoms with Crippen LogP contribution in [0.5, 0.6) is 0 Å². The zero-order chi connectivity index (χ0) is 13.7. The van der Waals surface area contributed by atoms with Crippen LogP contribution >= 0.6 is 15.9 Å². The molecule has 1 heterocycles. The maximum atomic E-state index is 13.4. The van der Waals surface area contributed by atoms with E-state index >= 15 is 0 Å². The van der Waals surface area contributed by atoms with Gasteiger partial charge in [0.25, 0.3) is 6.43 Å². The molecule has 3 nitrogen and oxygen atoms in total. The fourth-order valence-corrected chi connectivity index (χ4v) is 1.73. The van der Waals surface area contributed by atoms with Crippen LogP contribution in [0.2, 0.25) is 0 Å². The van der Waals surface area contributed by atoms with E-state index in [2.05, 4.69) is 25.7 Å². The molecule has 0 aromatic carbocycles. The van der Waals surface area contributed by atoms with E-state index < -0.39 is 30.3 Å². The van der Waals surface area contributed by atoms with Gasteiger partial charge >= 0.3 is 5.97 Å². The molecule has 0 bridgehead atoms. The van der Waals surface area contributed by atoms with Crippen molar-refractivity contribution in [2.75, 3.05) is 6.61 Å². The number of rotatable bonds is 5. The van der Waals surface area contributed by atoms with Crippen molar-refractivity contribution in [2.24, 2.45) is 0 Å². The van der Waals surface area contributed by atoms with Crippen LogP contribution in [0.25, 0.3) is 0 Å². The van der Waals surface area contributed by atoms with Crippen molar-refractivity contribution in [3.63, 3.8) is 0 Å². The van der Waals surface area contributed by atoms with Gasteiger partial charge in [0.2, 0.25) is 5.95 Å². The molecule has 7 heteroatoms. The van der Waals surface area contributed by atoms with E-state index in [0.717, 1.165) is 0 Å². The minimum absolute atomic E-state index is 0.0922. The molecule has 0 atom stereocenters. The molecule has 0 N–H and O–H groups in total. The summed E-state index contributed by atoms with van der Waals surface area (Å²) in [5.41, 5.74) is -0.686. The van der Waals surface area contributed by atoms with E-state index in [9.17, 15) is 18.0 Å². The van der Waals surface area contributed by atoms with Crippen LogP contribution in [0.3, 0.4) is 0 Å². The fraction of sp³-hybridized carbons (Fsp3) is 0.455. The predicted octanol–water partition coefficient (Wildman–Crippen LogP) is 3.16. The lowest BCUT2D eigenvalue weighted by molar-refractivity contribution is -0.142. The van der Waals surface area contributed by atoms with E-state index in [-0.39, 0.29) is 23.2 Å². The van der Waals surface area contributed by atoms with E-state index in [1.54, 1.807) is 6.92 Å². The second-order valence-electron chi connectivity index (χ2n) is 3.39. The number of alkyl halides is 3. The molecular formula is C11H11BrF3NO2. The Balaban J connectivity index is 3.13. The third-order valence-electron chi connectivity index (χ3n) is 2.15. The molecule has 0 fully saturated rings. The smallest absolute Gasteiger partial charge is 0.310 e. The van der Waals surface area contributed by atoms with Gasteiger partial charge in [0.1, 0.15) is 0 Å². The summed E-state index contributed by atoms with van der Waals surface area (Å²) in [6.45, 7) is 1.74. The van der Waals surface area contributed by atoms with E-state index in [4.69, 9.17) is 0 Å². The minimum atomic E-state index is -3.02. The van der Waals surface area contributed by atoms with Crippen LogP contribution in [-0.2, 0) is 21.3 Å². The molecule has 0 unspecified atom stereocenters. The Kier molecular flexibility index (Phi) is 5.58. The third kappa shape index (κ3) is 3.69. The summed E-state index contributed by atoms with van der Waals surface area (Å²) in [5, 5.41) is 0.212. The molecule has 0 saturated heterocycles. The van der Waals surface area contributed by atoms with Crippen molar-refractivity contribution in [1.29, 1.82) is 0 Å². The lowest BCUT2D eigenvalue weighted by Crippen LogP contribution is -2.12. The molecule has 1 aromatic heterocycles. The van der Waals surface area contributed by atoms with Crippen molar-refractivity contribution < 1.29 is 22.7 Å². The average Bonchev–Trinajstić information content (AvgIpc) is 2.27. The molecule has 0 aliphatic carbocycles. The Hall–Kier alpha value is -1.11. The van der Waals surface area contributed by atoms with Gasteiger partial charge in [0.05, 0.1) is 24.3 Å². The SMILES string of the molecule is CCOC(=O)Cc1cc(CBr)nc(F)c1C(F)F. The number of nitrogens with zero attached hydrogens (tertiary/aromatic N) is 1. The van der Waals surface area contributed by atoms with E-state index in [1.165, 1.54) is 6.07 Å². The Morgan fingerprint density at radius 2 is 2.22 bits per heavy atom. The standard InChI is InChI=1S/C11H11BrF3NO2/c1-2-18-8(17)4-6-3-7(5-12)16-11(15)9(6)10(13)14/h3,10H,2,4-5H2,1H3. The number of hydrogen-bond donors (Lipinski definition) is 0. The van der Waals surface area contributed by atoms with E-state index in [1.807, 2.05) is 0 Å². The largest absolute Gasteiger partial charge is 0.466 e. The van der Waals surface area contributed by atoms with Crippen LogP contribution in [0, 0.1) is 5.95 Å². The Bertz CT molecular complexity index is 441. The first-order valence-electron chi connectivity index (χ1n) is 5.17. The first-order chi connectivity index (χ1) is 8.49. The molecular weight excluding hydrogens is 315 g/mol. The molecule has 0 amide bonds. The van der Waals surface area contributed by atoms with Crippen LogP contribution in [0.4, 0.5) is 13.2 Å². The minimum Gasteiger partial charge on any atom is -0.466 e. The van der Waals surface area contributed by atoms with Crippen molar-refractivity contribution in [3.05, 3.63) is 28.8 Å². The van der Waals surface area contributed by atoms with Crippen molar-refractivity contribution >= 4 is 21.9 Å². The molecule has 0 aliphatic rings. The Morgan fingerprint density at radius 1 is 1.56 bits per heavy atom. The summed E-state index contributed by atoms with van der Waals surface area (Å²) >= 11 is 3.05. The highest BCUT2D eigenvalue weighted by Gasteiger charge is 2.22. The number of pyridine rings is 1. The van der Waals surface area contributed by atoms with Crippen molar-refractivity contribution in [2.45, 2.75) is 25.1 Å². The summed E-state index contributed by atoms with van der Waals surface area (Å²) < 4.78 is 43.5. The molecule has 18 heavy (non-hydrogen) atoms. The Labute approximate surface area is 110 Å². The molecule has 1 aromatic rings. The normalized spacial score (nSPS) is 10.8. The maximum absolute atomic E-state index is 13.4. The lowest BCUT2D eigenvalue weighted by Gasteiger charge is -2.10. The lowest BCUT2D eigenvalue weighted by atomic mass is 10.1. The zero-order valence-corrected chi connectivity index (χ0v) is 11.1. The summed E-state index contributed by atoms with van der Waals surface area (Å²) in [4.78, 5) is 14.7. The van der Waals surface area contributed by atoms with Gasteiger partial charge in [0, 0.05) is 5.33 Å². The van der Waals surface area contributed by atoms with Crippen molar-refractivity contribution in [1.82, 2.24) is 4.98 Å². The molecule has 1 rings (SSSR count). The van der Waals surface area contributed by atoms with Gasteiger partial charge in [-0.25, -0.2) is 13.8 Å².